The molecule has 2 aromatic carbocycles. The number of hydrogen-bond acceptors (Lipinski definition) is 2. The number of aromatic amines is 1. The van der Waals surface area contributed by atoms with Gasteiger partial charge in [0.2, 0.25) is 5.91 Å². The van der Waals surface area contributed by atoms with Gasteiger partial charge in [-0.3, -0.25) is 9.59 Å². The van der Waals surface area contributed by atoms with Gasteiger partial charge in [0, 0.05) is 22.6 Å². The van der Waals surface area contributed by atoms with Gasteiger partial charge in [-0.15, -0.1) is 0 Å². The molecule has 0 bridgehead atoms. The molecule has 0 spiro atoms. The lowest BCUT2D eigenvalue weighted by Gasteiger charge is -2.20. The highest BCUT2D eigenvalue weighted by atomic mass is 19.2. The Bertz CT molecular complexity index is 1170. The number of pyridine rings is 1. The number of aromatic nitrogens is 1. The molecular formula is C21H18F4N2O2. The third kappa shape index (κ3) is 3.74. The molecule has 0 saturated heterocycles. The molecule has 8 heteroatoms. The molecule has 2 N–H and O–H groups in total. The summed E-state index contributed by atoms with van der Waals surface area (Å²) >= 11 is 0. The van der Waals surface area contributed by atoms with Crippen molar-refractivity contribution in [1.29, 1.82) is 0 Å². The summed E-state index contributed by atoms with van der Waals surface area (Å²) in [6.45, 7) is 4.37. The first kappa shape index (κ1) is 20.6. The molecule has 3 aromatic rings. The third-order valence-corrected chi connectivity index (χ3v) is 4.98. The van der Waals surface area contributed by atoms with Gasteiger partial charge in [0.25, 0.3) is 5.56 Å². The molecule has 3 rings (SSSR count). The van der Waals surface area contributed by atoms with E-state index < -0.39 is 46.7 Å². The molecule has 0 aliphatic carbocycles. The Morgan fingerprint density at radius 3 is 2.38 bits per heavy atom. The van der Waals surface area contributed by atoms with Crippen LogP contribution in [0.15, 0.2) is 35.1 Å². The molecule has 1 aromatic heterocycles. The number of carbonyl (C=O) groups is 1. The lowest BCUT2D eigenvalue weighted by molar-refractivity contribution is -0.122. The van der Waals surface area contributed by atoms with E-state index >= 15 is 0 Å². The summed E-state index contributed by atoms with van der Waals surface area (Å²) in [6, 6.07) is 4.33. The first-order valence-corrected chi connectivity index (χ1v) is 8.87. The van der Waals surface area contributed by atoms with E-state index in [1.165, 1.54) is 32.9 Å². The maximum atomic E-state index is 14.3. The summed E-state index contributed by atoms with van der Waals surface area (Å²) in [7, 11) is 0. The van der Waals surface area contributed by atoms with Gasteiger partial charge in [-0.05, 0) is 44.5 Å². The van der Waals surface area contributed by atoms with E-state index in [2.05, 4.69) is 10.3 Å². The smallest absolute Gasteiger partial charge is 0.252 e. The van der Waals surface area contributed by atoms with Gasteiger partial charge in [0.05, 0.1) is 17.5 Å². The molecular weight excluding hydrogens is 388 g/mol. The SMILES string of the molecule is Cc1c([C@H](C)C(=O)N[C@@H](C)c2ccc(F)cc2F)c(=O)[nH]c2ccc(F)c(F)c12. The van der Waals surface area contributed by atoms with Crippen LogP contribution in [-0.4, -0.2) is 10.9 Å². The lowest BCUT2D eigenvalue weighted by atomic mass is 9.93. The van der Waals surface area contributed by atoms with Crippen LogP contribution in [0.5, 0.6) is 0 Å². The zero-order valence-corrected chi connectivity index (χ0v) is 15.9. The Morgan fingerprint density at radius 1 is 1.03 bits per heavy atom. The largest absolute Gasteiger partial charge is 0.349 e. The van der Waals surface area contributed by atoms with Crippen LogP contribution in [0.1, 0.15) is 42.5 Å². The van der Waals surface area contributed by atoms with E-state index in [4.69, 9.17) is 0 Å². The quantitative estimate of drug-likeness (QED) is 0.632. The zero-order chi connectivity index (χ0) is 21.5. The number of halogens is 4. The van der Waals surface area contributed by atoms with E-state index in [9.17, 15) is 27.2 Å². The van der Waals surface area contributed by atoms with Crippen molar-refractivity contribution in [2.24, 2.45) is 0 Å². The van der Waals surface area contributed by atoms with Gasteiger partial charge in [0.15, 0.2) is 11.6 Å². The van der Waals surface area contributed by atoms with Crippen LogP contribution in [0.2, 0.25) is 0 Å². The summed E-state index contributed by atoms with van der Waals surface area (Å²) in [5, 5.41) is 2.45. The number of amides is 1. The van der Waals surface area contributed by atoms with E-state index in [1.54, 1.807) is 0 Å². The molecule has 4 nitrogen and oxygen atoms in total. The van der Waals surface area contributed by atoms with Gasteiger partial charge in [-0.2, -0.15) is 0 Å². The topological polar surface area (TPSA) is 62.0 Å². The van der Waals surface area contributed by atoms with Gasteiger partial charge < -0.3 is 10.3 Å². The second-order valence-electron chi connectivity index (χ2n) is 6.89. The van der Waals surface area contributed by atoms with E-state index in [0.29, 0.717) is 6.07 Å². The number of carbonyl (C=O) groups excluding carboxylic acids is 1. The van der Waals surface area contributed by atoms with Gasteiger partial charge >= 0.3 is 0 Å². The van der Waals surface area contributed by atoms with Crippen LogP contribution in [0, 0.1) is 30.2 Å². The molecule has 0 saturated carbocycles. The fourth-order valence-electron chi connectivity index (χ4n) is 3.44. The molecule has 0 fully saturated rings. The maximum absolute atomic E-state index is 14.3. The summed E-state index contributed by atoms with van der Waals surface area (Å²) in [5.41, 5.74) is -0.298. The first-order valence-electron chi connectivity index (χ1n) is 8.87. The monoisotopic (exact) mass is 406 g/mol. The summed E-state index contributed by atoms with van der Waals surface area (Å²) in [4.78, 5) is 27.6. The van der Waals surface area contributed by atoms with Crippen LogP contribution in [0.25, 0.3) is 10.9 Å². The molecule has 152 valence electrons. The highest BCUT2D eigenvalue weighted by Crippen LogP contribution is 2.27. The Labute approximate surface area is 163 Å². The number of H-pyrrole nitrogens is 1. The molecule has 0 radical (unpaired) electrons. The third-order valence-electron chi connectivity index (χ3n) is 4.98. The van der Waals surface area contributed by atoms with Crippen LogP contribution >= 0.6 is 0 Å². The highest BCUT2D eigenvalue weighted by Gasteiger charge is 2.25. The van der Waals surface area contributed by atoms with Crippen molar-refractivity contribution in [1.82, 2.24) is 10.3 Å². The number of hydrogen-bond donors (Lipinski definition) is 2. The number of benzene rings is 2. The van der Waals surface area contributed by atoms with E-state index in [-0.39, 0.29) is 27.6 Å². The molecule has 0 unspecified atom stereocenters. The predicted octanol–water partition coefficient (Wildman–Crippen LogP) is 4.37. The van der Waals surface area contributed by atoms with Crippen molar-refractivity contribution in [3.63, 3.8) is 0 Å². The fourth-order valence-corrected chi connectivity index (χ4v) is 3.44. The van der Waals surface area contributed by atoms with Gasteiger partial charge in [-0.1, -0.05) is 6.07 Å². The lowest BCUT2D eigenvalue weighted by Crippen LogP contribution is -2.34. The van der Waals surface area contributed by atoms with Crippen LogP contribution < -0.4 is 10.9 Å². The minimum Gasteiger partial charge on any atom is -0.349 e. The Kier molecular flexibility index (Phi) is 5.46. The first-order chi connectivity index (χ1) is 13.6. The normalized spacial score (nSPS) is 13.3. The van der Waals surface area contributed by atoms with E-state index in [1.807, 2.05) is 0 Å². The standard InChI is InChI=1S/C21H18F4N2O2/c1-9-17(21(29)27-16-7-6-14(23)19(25)18(9)16)10(2)20(28)26-11(3)13-5-4-12(22)8-15(13)24/h4-8,10-11H,1-3H3,(H,26,28)(H,27,29)/t10-,11-/m0/s1. The second kappa shape index (κ2) is 7.69. The molecule has 2 atom stereocenters. The van der Waals surface area contributed by atoms with Crippen molar-refractivity contribution in [3.05, 3.63) is 80.6 Å². The van der Waals surface area contributed by atoms with Gasteiger partial charge in [0.1, 0.15) is 11.6 Å². The van der Waals surface area contributed by atoms with Crippen LogP contribution in [0.4, 0.5) is 17.6 Å². The van der Waals surface area contributed by atoms with Crippen LogP contribution in [0.3, 0.4) is 0 Å². The van der Waals surface area contributed by atoms with Crippen molar-refractivity contribution in [2.45, 2.75) is 32.7 Å². The van der Waals surface area contributed by atoms with Crippen molar-refractivity contribution in [2.75, 3.05) is 0 Å². The number of fused-ring (bicyclic) bond motifs is 1. The second-order valence-corrected chi connectivity index (χ2v) is 6.89. The predicted molar refractivity (Wildman–Crippen MR) is 101 cm³/mol. The number of nitrogens with one attached hydrogen (secondary N) is 2. The van der Waals surface area contributed by atoms with Crippen molar-refractivity contribution < 1.29 is 22.4 Å². The summed E-state index contributed by atoms with van der Waals surface area (Å²) < 4.78 is 54.9. The highest BCUT2D eigenvalue weighted by molar-refractivity contribution is 5.88. The number of rotatable bonds is 4. The molecule has 0 aliphatic rings. The zero-order valence-electron chi connectivity index (χ0n) is 15.9. The fraction of sp³-hybridized carbons (Fsp3) is 0.238. The van der Waals surface area contributed by atoms with E-state index in [0.717, 1.165) is 12.1 Å². The Morgan fingerprint density at radius 2 is 1.72 bits per heavy atom. The van der Waals surface area contributed by atoms with Crippen molar-refractivity contribution >= 4 is 16.8 Å². The minimum absolute atomic E-state index is 0.0220. The molecule has 0 aliphatic heterocycles. The summed E-state index contributed by atoms with van der Waals surface area (Å²) in [5.74, 6) is -5.40. The van der Waals surface area contributed by atoms with Gasteiger partial charge in [-0.25, -0.2) is 17.6 Å². The summed E-state index contributed by atoms with van der Waals surface area (Å²) in [6.07, 6.45) is 0. The average molecular weight is 406 g/mol. The Balaban J connectivity index is 1.96. The average Bonchev–Trinajstić information content (AvgIpc) is 2.64. The van der Waals surface area contributed by atoms with Crippen molar-refractivity contribution in [3.8, 4) is 0 Å². The molecule has 29 heavy (non-hydrogen) atoms. The number of aryl methyl sites for hydroxylation is 1. The maximum Gasteiger partial charge on any atom is 0.252 e. The van der Waals surface area contributed by atoms with Crippen LogP contribution in [-0.2, 0) is 4.79 Å². The molecule has 1 amide bonds. The molecule has 1 heterocycles. The minimum atomic E-state index is -1.12. The Hall–Kier alpha value is -3.16.